The van der Waals surface area contributed by atoms with Gasteiger partial charge in [0.2, 0.25) is 5.71 Å². The first-order valence-corrected chi connectivity index (χ1v) is 8.47. The Morgan fingerprint density at radius 3 is 2.80 bits per heavy atom. The molecule has 0 saturated heterocycles. The van der Waals surface area contributed by atoms with Gasteiger partial charge in [-0.2, -0.15) is 4.98 Å². The standard InChI is InChI=1S/C18H21N5O2/c1-12-20-15(22-18(2)5-6-18)14-13(11-25-17(14)21-12)16(24)19-7-10-23-8-3-4-9-23/h3-4,8-9,11H,5-7,10H2,1-2H3,(H,19,24)(H,20,21,22). The predicted molar refractivity (Wildman–Crippen MR) is 94.6 cm³/mol. The van der Waals surface area contributed by atoms with Gasteiger partial charge in [-0.15, -0.1) is 0 Å². The van der Waals surface area contributed by atoms with Crippen molar-refractivity contribution in [3.8, 4) is 0 Å². The molecule has 0 aromatic carbocycles. The number of aryl methyl sites for hydroxylation is 1. The highest BCUT2D eigenvalue weighted by Gasteiger charge is 2.38. The van der Waals surface area contributed by atoms with Crippen LogP contribution in [-0.2, 0) is 6.54 Å². The maximum atomic E-state index is 12.6. The number of nitrogens with zero attached hydrogens (tertiary/aromatic N) is 3. The summed E-state index contributed by atoms with van der Waals surface area (Å²) in [7, 11) is 0. The van der Waals surface area contributed by atoms with Crippen molar-refractivity contribution in [3.63, 3.8) is 0 Å². The van der Waals surface area contributed by atoms with Crippen molar-refractivity contribution in [2.75, 3.05) is 11.9 Å². The van der Waals surface area contributed by atoms with E-state index in [1.807, 2.05) is 36.0 Å². The zero-order valence-corrected chi connectivity index (χ0v) is 14.4. The number of anilines is 1. The molecule has 4 rings (SSSR count). The average molecular weight is 339 g/mol. The maximum Gasteiger partial charge on any atom is 0.255 e. The fourth-order valence-corrected chi connectivity index (χ4v) is 2.82. The third kappa shape index (κ3) is 3.22. The van der Waals surface area contributed by atoms with Crippen LogP contribution in [0, 0.1) is 6.92 Å². The number of hydrogen-bond donors (Lipinski definition) is 2. The molecule has 1 saturated carbocycles. The second kappa shape index (κ2) is 5.91. The zero-order valence-electron chi connectivity index (χ0n) is 14.4. The van der Waals surface area contributed by atoms with Crippen LogP contribution < -0.4 is 10.6 Å². The number of carbonyl (C=O) groups excluding carboxylic acids is 1. The Balaban J connectivity index is 1.57. The van der Waals surface area contributed by atoms with Crippen LogP contribution in [0.25, 0.3) is 11.1 Å². The second-order valence-corrected chi connectivity index (χ2v) is 6.81. The van der Waals surface area contributed by atoms with Gasteiger partial charge in [0, 0.05) is 31.0 Å². The van der Waals surface area contributed by atoms with E-state index in [2.05, 4.69) is 27.5 Å². The molecule has 0 spiro atoms. The minimum Gasteiger partial charge on any atom is -0.445 e. The van der Waals surface area contributed by atoms with Gasteiger partial charge < -0.3 is 19.6 Å². The summed E-state index contributed by atoms with van der Waals surface area (Å²) in [6, 6.07) is 3.92. The Morgan fingerprint density at radius 2 is 2.08 bits per heavy atom. The van der Waals surface area contributed by atoms with E-state index in [-0.39, 0.29) is 11.4 Å². The first kappa shape index (κ1) is 15.7. The van der Waals surface area contributed by atoms with Crippen molar-refractivity contribution < 1.29 is 9.21 Å². The van der Waals surface area contributed by atoms with Gasteiger partial charge in [-0.3, -0.25) is 4.79 Å². The van der Waals surface area contributed by atoms with Crippen LogP contribution in [0.2, 0.25) is 0 Å². The van der Waals surface area contributed by atoms with E-state index in [9.17, 15) is 4.79 Å². The molecule has 0 unspecified atom stereocenters. The summed E-state index contributed by atoms with van der Waals surface area (Å²) in [6.07, 6.45) is 7.58. The molecule has 25 heavy (non-hydrogen) atoms. The number of furan rings is 1. The van der Waals surface area contributed by atoms with Crippen molar-refractivity contribution in [1.82, 2.24) is 19.9 Å². The number of fused-ring (bicyclic) bond motifs is 1. The summed E-state index contributed by atoms with van der Waals surface area (Å²) in [5.74, 6) is 1.11. The number of carbonyl (C=O) groups is 1. The van der Waals surface area contributed by atoms with Crippen LogP contribution in [0.3, 0.4) is 0 Å². The molecular formula is C18H21N5O2. The van der Waals surface area contributed by atoms with E-state index in [0.717, 1.165) is 12.8 Å². The summed E-state index contributed by atoms with van der Waals surface area (Å²) in [5.41, 5.74) is 0.955. The van der Waals surface area contributed by atoms with Gasteiger partial charge in [-0.25, -0.2) is 4.98 Å². The third-order valence-corrected chi connectivity index (χ3v) is 4.53. The van der Waals surface area contributed by atoms with Crippen molar-refractivity contribution in [3.05, 3.63) is 42.2 Å². The molecule has 0 radical (unpaired) electrons. The predicted octanol–water partition coefficient (Wildman–Crippen LogP) is 2.73. The van der Waals surface area contributed by atoms with E-state index in [4.69, 9.17) is 4.42 Å². The highest BCUT2D eigenvalue weighted by Crippen LogP contribution is 2.39. The van der Waals surface area contributed by atoms with Gasteiger partial charge in [-0.1, -0.05) is 0 Å². The molecule has 1 aliphatic carbocycles. The number of rotatable bonds is 6. The number of amides is 1. The second-order valence-electron chi connectivity index (χ2n) is 6.81. The van der Waals surface area contributed by atoms with Gasteiger partial charge in [0.1, 0.15) is 17.9 Å². The van der Waals surface area contributed by atoms with Crippen LogP contribution in [0.15, 0.2) is 35.2 Å². The molecule has 2 N–H and O–H groups in total. The summed E-state index contributed by atoms with van der Waals surface area (Å²) in [5, 5.41) is 7.02. The Morgan fingerprint density at radius 1 is 1.32 bits per heavy atom. The Bertz CT molecular complexity index is 909. The normalized spacial score (nSPS) is 15.3. The van der Waals surface area contributed by atoms with Gasteiger partial charge in [0.15, 0.2) is 0 Å². The number of nitrogens with one attached hydrogen (secondary N) is 2. The molecule has 0 bridgehead atoms. The molecule has 3 heterocycles. The quantitative estimate of drug-likeness (QED) is 0.721. The Kier molecular flexibility index (Phi) is 3.71. The number of hydrogen-bond acceptors (Lipinski definition) is 5. The lowest BCUT2D eigenvalue weighted by Crippen LogP contribution is -2.27. The van der Waals surface area contributed by atoms with Gasteiger partial charge in [0.25, 0.3) is 5.91 Å². The van der Waals surface area contributed by atoms with E-state index >= 15 is 0 Å². The van der Waals surface area contributed by atoms with Crippen LogP contribution in [0.5, 0.6) is 0 Å². The van der Waals surface area contributed by atoms with Crippen molar-refractivity contribution in [2.24, 2.45) is 0 Å². The average Bonchev–Trinajstić information content (AvgIpc) is 3.00. The molecule has 0 aliphatic heterocycles. The topological polar surface area (TPSA) is 85.0 Å². The highest BCUT2D eigenvalue weighted by molar-refractivity contribution is 6.08. The van der Waals surface area contributed by atoms with Crippen LogP contribution in [-0.4, -0.2) is 32.5 Å². The Hall–Kier alpha value is -2.83. The molecule has 1 aliphatic rings. The first-order valence-electron chi connectivity index (χ1n) is 8.47. The van der Waals surface area contributed by atoms with Crippen LogP contribution >= 0.6 is 0 Å². The molecular weight excluding hydrogens is 318 g/mol. The molecule has 7 nitrogen and oxygen atoms in total. The fraction of sp³-hybridized carbons (Fsp3) is 0.389. The van der Waals surface area contributed by atoms with E-state index in [1.54, 1.807) is 0 Å². The first-order chi connectivity index (χ1) is 12.0. The molecule has 0 atom stereocenters. The van der Waals surface area contributed by atoms with Crippen molar-refractivity contribution in [1.29, 1.82) is 0 Å². The lowest BCUT2D eigenvalue weighted by atomic mass is 10.2. The van der Waals surface area contributed by atoms with Crippen LogP contribution in [0.1, 0.15) is 35.9 Å². The molecule has 7 heteroatoms. The monoisotopic (exact) mass is 339 g/mol. The smallest absolute Gasteiger partial charge is 0.255 e. The fourth-order valence-electron chi connectivity index (χ4n) is 2.82. The summed E-state index contributed by atoms with van der Waals surface area (Å²) in [6.45, 7) is 5.22. The molecule has 1 fully saturated rings. The van der Waals surface area contributed by atoms with E-state index in [0.29, 0.717) is 41.4 Å². The highest BCUT2D eigenvalue weighted by atomic mass is 16.3. The largest absolute Gasteiger partial charge is 0.445 e. The third-order valence-electron chi connectivity index (χ3n) is 4.53. The molecule has 1 amide bonds. The lowest BCUT2D eigenvalue weighted by Gasteiger charge is -2.14. The van der Waals surface area contributed by atoms with Crippen molar-refractivity contribution in [2.45, 2.75) is 38.8 Å². The van der Waals surface area contributed by atoms with Gasteiger partial charge in [-0.05, 0) is 38.8 Å². The lowest BCUT2D eigenvalue weighted by molar-refractivity contribution is 0.0953. The number of aromatic nitrogens is 3. The van der Waals surface area contributed by atoms with Gasteiger partial charge >= 0.3 is 0 Å². The Labute approximate surface area is 145 Å². The SMILES string of the molecule is Cc1nc(NC2(C)CC2)c2c(C(=O)NCCn3cccc3)coc2n1. The van der Waals surface area contributed by atoms with Gasteiger partial charge in [0.05, 0.1) is 10.9 Å². The summed E-state index contributed by atoms with van der Waals surface area (Å²) >= 11 is 0. The summed E-state index contributed by atoms with van der Waals surface area (Å²) < 4.78 is 7.54. The molecule has 3 aromatic rings. The minimum absolute atomic E-state index is 0.0488. The van der Waals surface area contributed by atoms with Crippen molar-refractivity contribution >= 4 is 22.8 Å². The van der Waals surface area contributed by atoms with E-state index in [1.165, 1.54) is 6.26 Å². The minimum atomic E-state index is -0.178. The van der Waals surface area contributed by atoms with E-state index < -0.39 is 0 Å². The van der Waals surface area contributed by atoms with Crippen LogP contribution in [0.4, 0.5) is 5.82 Å². The zero-order chi connectivity index (χ0) is 17.4. The maximum absolute atomic E-state index is 12.6. The summed E-state index contributed by atoms with van der Waals surface area (Å²) in [4.78, 5) is 21.4. The molecule has 130 valence electrons. The molecule has 3 aromatic heterocycles.